The maximum absolute atomic E-state index is 16.0. The maximum Gasteiger partial charge on any atom is 0.421 e. The molecule has 0 unspecified atom stereocenters. The van der Waals surface area contributed by atoms with Crippen molar-refractivity contribution >= 4 is 16.1 Å². The summed E-state index contributed by atoms with van der Waals surface area (Å²) in [6, 6.07) is 13.5. The number of ether oxygens (including phenoxy) is 1. The van der Waals surface area contributed by atoms with E-state index in [0.717, 1.165) is 0 Å². The fourth-order valence-electron chi connectivity index (χ4n) is 3.15. The van der Waals surface area contributed by atoms with Gasteiger partial charge in [0.05, 0.1) is 0 Å². The van der Waals surface area contributed by atoms with Crippen molar-refractivity contribution < 1.29 is 22.3 Å². The standard InChI is InChI=1S/C19H20FNO4S/c1-18(2,3)25-17(22)21-26(23,24)12-19(20)15-10-6-4-8-13(15)14-9-5-7-11-16(14)19/h4-11H,12H2,1-3H3,(H,21,22). The van der Waals surface area contributed by atoms with Crippen molar-refractivity contribution in [3.8, 4) is 11.1 Å². The van der Waals surface area contributed by atoms with Crippen LogP contribution in [-0.2, 0) is 20.4 Å². The SMILES string of the molecule is CC(C)(C)OC(=O)NS(=O)(=O)CC1(F)c2ccccc2-c2ccccc21. The lowest BCUT2D eigenvalue weighted by atomic mass is 9.96. The molecule has 2 aromatic rings. The molecule has 7 heteroatoms. The summed E-state index contributed by atoms with van der Waals surface area (Å²) in [4.78, 5) is 11.8. The van der Waals surface area contributed by atoms with Crippen LogP contribution in [0.3, 0.4) is 0 Å². The lowest BCUT2D eigenvalue weighted by Crippen LogP contribution is -2.41. The summed E-state index contributed by atoms with van der Waals surface area (Å²) in [5.74, 6) is -0.909. The average molecular weight is 377 g/mol. The highest BCUT2D eigenvalue weighted by Gasteiger charge is 2.47. The lowest BCUT2D eigenvalue weighted by molar-refractivity contribution is 0.0570. The van der Waals surface area contributed by atoms with E-state index in [2.05, 4.69) is 0 Å². The lowest BCUT2D eigenvalue weighted by Gasteiger charge is -2.24. The molecule has 0 saturated heterocycles. The normalized spacial score (nSPS) is 15.1. The molecule has 0 spiro atoms. The van der Waals surface area contributed by atoms with Gasteiger partial charge in [0.1, 0.15) is 11.4 Å². The summed E-state index contributed by atoms with van der Waals surface area (Å²) in [5, 5.41) is 0. The number of fused-ring (bicyclic) bond motifs is 3. The Labute approximate surface area is 152 Å². The minimum atomic E-state index is -4.28. The molecule has 0 bridgehead atoms. The van der Waals surface area contributed by atoms with E-state index in [0.29, 0.717) is 11.1 Å². The van der Waals surface area contributed by atoms with Gasteiger partial charge >= 0.3 is 6.09 Å². The number of hydrogen-bond acceptors (Lipinski definition) is 4. The fraction of sp³-hybridized carbons (Fsp3) is 0.316. The first-order chi connectivity index (χ1) is 12.0. The number of hydrogen-bond donors (Lipinski definition) is 1. The Hall–Kier alpha value is -2.41. The first kappa shape index (κ1) is 18.4. The molecule has 0 heterocycles. The molecule has 1 N–H and O–H groups in total. The Kier molecular flexibility index (Phi) is 4.30. The van der Waals surface area contributed by atoms with E-state index in [9.17, 15) is 13.2 Å². The third kappa shape index (κ3) is 3.44. The highest BCUT2D eigenvalue weighted by molar-refractivity contribution is 7.90. The van der Waals surface area contributed by atoms with Gasteiger partial charge in [0.15, 0.2) is 5.67 Å². The van der Waals surface area contributed by atoms with Crippen molar-refractivity contribution in [2.24, 2.45) is 0 Å². The molecule has 1 amide bonds. The van der Waals surface area contributed by atoms with Crippen molar-refractivity contribution in [1.29, 1.82) is 0 Å². The van der Waals surface area contributed by atoms with Gasteiger partial charge in [-0.2, -0.15) is 0 Å². The van der Waals surface area contributed by atoms with E-state index in [4.69, 9.17) is 4.74 Å². The Bertz CT molecular complexity index is 918. The number of carbonyl (C=O) groups excluding carboxylic acids is 1. The van der Waals surface area contributed by atoms with Gasteiger partial charge in [-0.3, -0.25) is 0 Å². The van der Waals surface area contributed by atoms with E-state index < -0.39 is 33.1 Å². The van der Waals surface area contributed by atoms with Crippen molar-refractivity contribution in [2.45, 2.75) is 32.0 Å². The van der Waals surface area contributed by atoms with Crippen LogP contribution in [0, 0.1) is 0 Å². The summed E-state index contributed by atoms with van der Waals surface area (Å²) >= 11 is 0. The van der Waals surface area contributed by atoms with Gasteiger partial charge < -0.3 is 4.74 Å². The topological polar surface area (TPSA) is 72.5 Å². The second-order valence-electron chi connectivity index (χ2n) is 7.26. The highest BCUT2D eigenvalue weighted by Crippen LogP contribution is 2.50. The van der Waals surface area contributed by atoms with E-state index in [1.165, 1.54) is 0 Å². The molecule has 0 aromatic heterocycles. The molecule has 2 aromatic carbocycles. The van der Waals surface area contributed by atoms with Gasteiger partial charge in [0, 0.05) is 11.1 Å². The molecule has 138 valence electrons. The maximum atomic E-state index is 16.0. The van der Waals surface area contributed by atoms with Crippen LogP contribution >= 0.6 is 0 Å². The zero-order valence-electron chi connectivity index (χ0n) is 14.7. The quantitative estimate of drug-likeness (QED) is 0.885. The van der Waals surface area contributed by atoms with Gasteiger partial charge in [0.2, 0.25) is 10.0 Å². The highest BCUT2D eigenvalue weighted by atomic mass is 32.2. The zero-order valence-corrected chi connectivity index (χ0v) is 15.6. The van der Waals surface area contributed by atoms with Gasteiger partial charge in [-0.05, 0) is 31.9 Å². The second kappa shape index (κ2) is 6.09. The predicted octanol–water partition coefficient (Wildman–Crippen LogP) is 3.73. The average Bonchev–Trinajstić information content (AvgIpc) is 2.75. The van der Waals surface area contributed by atoms with Crippen LogP contribution in [0.1, 0.15) is 31.9 Å². The molecule has 0 aliphatic heterocycles. The fourth-order valence-corrected chi connectivity index (χ4v) is 4.35. The third-order valence-corrected chi connectivity index (χ3v) is 5.28. The van der Waals surface area contributed by atoms with E-state index in [-0.39, 0.29) is 11.1 Å². The first-order valence-electron chi connectivity index (χ1n) is 8.14. The van der Waals surface area contributed by atoms with E-state index >= 15 is 4.39 Å². The minimum absolute atomic E-state index is 0.274. The van der Waals surface area contributed by atoms with Crippen LogP contribution in [0.25, 0.3) is 11.1 Å². The Morgan fingerprint density at radius 1 is 1.04 bits per heavy atom. The van der Waals surface area contributed by atoms with Crippen LogP contribution < -0.4 is 4.72 Å². The molecule has 0 fully saturated rings. The van der Waals surface area contributed by atoms with Crippen molar-refractivity contribution in [1.82, 2.24) is 4.72 Å². The smallest absolute Gasteiger partial charge is 0.421 e. The monoisotopic (exact) mass is 377 g/mol. The number of halogens is 1. The van der Waals surface area contributed by atoms with Crippen LogP contribution in [0.15, 0.2) is 48.5 Å². The summed E-state index contributed by atoms with van der Waals surface area (Å²) in [6.45, 7) is 4.83. The second-order valence-corrected chi connectivity index (χ2v) is 8.98. The number of sulfonamides is 1. The van der Waals surface area contributed by atoms with Gasteiger partial charge in [-0.25, -0.2) is 22.3 Å². The van der Waals surface area contributed by atoms with E-state index in [1.807, 2.05) is 0 Å². The summed E-state index contributed by atoms with van der Waals surface area (Å²) < 4.78 is 47.7. The summed E-state index contributed by atoms with van der Waals surface area (Å²) in [5.41, 5.74) is -1.26. The van der Waals surface area contributed by atoms with E-state index in [1.54, 1.807) is 74.0 Å². The number of rotatable bonds is 3. The Morgan fingerprint density at radius 2 is 1.50 bits per heavy atom. The molecule has 1 aliphatic carbocycles. The molecule has 0 saturated carbocycles. The van der Waals surface area contributed by atoms with Crippen LogP contribution in [-0.4, -0.2) is 25.9 Å². The van der Waals surface area contributed by atoms with Crippen molar-refractivity contribution in [2.75, 3.05) is 5.75 Å². The number of amides is 1. The molecule has 0 atom stereocenters. The molecule has 5 nitrogen and oxygen atoms in total. The van der Waals surface area contributed by atoms with Gasteiger partial charge in [-0.15, -0.1) is 0 Å². The minimum Gasteiger partial charge on any atom is -0.443 e. The van der Waals surface area contributed by atoms with Gasteiger partial charge in [0.25, 0.3) is 0 Å². The largest absolute Gasteiger partial charge is 0.443 e. The van der Waals surface area contributed by atoms with Gasteiger partial charge in [-0.1, -0.05) is 48.5 Å². The van der Waals surface area contributed by atoms with Crippen molar-refractivity contribution in [3.63, 3.8) is 0 Å². The number of nitrogens with one attached hydrogen (secondary N) is 1. The molecule has 26 heavy (non-hydrogen) atoms. The Morgan fingerprint density at radius 3 is 1.96 bits per heavy atom. The summed E-state index contributed by atoms with van der Waals surface area (Å²) in [6.07, 6.45) is -1.12. The first-order valence-corrected chi connectivity index (χ1v) is 9.79. The molecule has 3 rings (SSSR count). The number of benzene rings is 2. The van der Waals surface area contributed by atoms with Crippen molar-refractivity contribution in [3.05, 3.63) is 59.7 Å². The molecular weight excluding hydrogens is 357 g/mol. The number of alkyl halides is 1. The molecule has 0 radical (unpaired) electrons. The zero-order chi connectivity index (χ0) is 19.2. The van der Waals surface area contributed by atoms with Crippen LogP contribution in [0.4, 0.5) is 9.18 Å². The predicted molar refractivity (Wildman–Crippen MR) is 96.9 cm³/mol. The number of carbonyl (C=O) groups is 1. The van der Waals surface area contributed by atoms with Crippen LogP contribution in [0.2, 0.25) is 0 Å². The third-order valence-electron chi connectivity index (χ3n) is 4.02. The van der Waals surface area contributed by atoms with Crippen LogP contribution in [0.5, 0.6) is 0 Å². The molecular formula is C19H20FNO4S. The Balaban J connectivity index is 1.95. The summed E-state index contributed by atoms with van der Waals surface area (Å²) in [7, 11) is -4.28. The molecule has 1 aliphatic rings.